The summed E-state index contributed by atoms with van der Waals surface area (Å²) in [5.74, 6) is 0. The van der Waals surface area contributed by atoms with Crippen LogP contribution in [-0.4, -0.2) is 11.1 Å². The van der Waals surface area contributed by atoms with Crippen molar-refractivity contribution >= 4 is 23.3 Å². The van der Waals surface area contributed by atoms with Crippen molar-refractivity contribution in [2.45, 2.75) is 13.8 Å². The summed E-state index contributed by atoms with van der Waals surface area (Å²) in [6.45, 7) is 3.78. The largest absolute Gasteiger partial charge is 0.261 e. The summed E-state index contributed by atoms with van der Waals surface area (Å²) in [5, 5.41) is 1.56. The molecule has 0 aliphatic carbocycles. The van der Waals surface area contributed by atoms with Crippen LogP contribution in [-0.2, 0) is 0 Å². The van der Waals surface area contributed by atoms with Crippen molar-refractivity contribution in [3.05, 3.63) is 12.3 Å². The first-order valence-electron chi connectivity index (χ1n) is 2.42. The SMILES string of the molecule is C/C=C\N=C(\C)C=S. The molecule has 0 aliphatic heterocycles. The zero-order valence-corrected chi connectivity index (χ0v) is 5.90. The highest BCUT2D eigenvalue weighted by molar-refractivity contribution is 7.80. The molecule has 0 fully saturated rings. The molecule has 44 valence electrons. The van der Waals surface area contributed by atoms with Crippen LogP contribution in [0.1, 0.15) is 13.8 Å². The molecule has 0 heterocycles. The average Bonchev–Trinajstić information content (AvgIpc) is 1.83. The maximum atomic E-state index is 4.60. The van der Waals surface area contributed by atoms with E-state index in [-0.39, 0.29) is 0 Å². The number of thiocarbonyl (C=S) groups is 1. The lowest BCUT2D eigenvalue weighted by Crippen LogP contribution is -1.85. The number of rotatable bonds is 2. The van der Waals surface area contributed by atoms with E-state index < -0.39 is 0 Å². The van der Waals surface area contributed by atoms with Crippen LogP contribution in [0.25, 0.3) is 0 Å². The molecular weight excluding hydrogens is 118 g/mol. The lowest BCUT2D eigenvalue weighted by Gasteiger charge is -1.79. The van der Waals surface area contributed by atoms with Crippen LogP contribution < -0.4 is 0 Å². The predicted octanol–water partition coefficient (Wildman–Crippen LogP) is 1.98. The Morgan fingerprint density at radius 3 is 2.62 bits per heavy atom. The molecule has 0 saturated heterocycles. The van der Waals surface area contributed by atoms with Crippen LogP contribution in [0.4, 0.5) is 0 Å². The first-order valence-corrected chi connectivity index (χ1v) is 2.89. The highest BCUT2D eigenvalue weighted by Gasteiger charge is 1.73. The van der Waals surface area contributed by atoms with Gasteiger partial charge >= 0.3 is 0 Å². The molecule has 2 heteroatoms. The lowest BCUT2D eigenvalue weighted by atomic mass is 10.5. The summed E-state index contributed by atoms with van der Waals surface area (Å²) in [6.07, 6.45) is 3.58. The van der Waals surface area contributed by atoms with Crippen LogP contribution in [0.5, 0.6) is 0 Å². The molecule has 0 N–H and O–H groups in total. The number of nitrogens with zero attached hydrogens (tertiary/aromatic N) is 1. The number of hydrogen-bond acceptors (Lipinski definition) is 2. The molecule has 0 atom stereocenters. The zero-order chi connectivity index (χ0) is 6.41. The molecular formula is C6H9NS. The molecule has 1 nitrogen and oxygen atoms in total. The van der Waals surface area contributed by atoms with E-state index >= 15 is 0 Å². The van der Waals surface area contributed by atoms with E-state index in [1.165, 1.54) is 0 Å². The van der Waals surface area contributed by atoms with Gasteiger partial charge in [0.2, 0.25) is 0 Å². The van der Waals surface area contributed by atoms with Gasteiger partial charge in [0, 0.05) is 17.3 Å². The molecule has 0 radical (unpaired) electrons. The topological polar surface area (TPSA) is 12.4 Å². The van der Waals surface area contributed by atoms with E-state index in [1.807, 2.05) is 19.9 Å². The average molecular weight is 127 g/mol. The van der Waals surface area contributed by atoms with Crippen LogP contribution >= 0.6 is 12.2 Å². The van der Waals surface area contributed by atoms with E-state index in [1.54, 1.807) is 11.6 Å². The number of hydrogen-bond donors (Lipinski definition) is 0. The molecule has 0 bridgehead atoms. The first kappa shape index (κ1) is 7.50. The Kier molecular flexibility index (Phi) is 4.36. The van der Waals surface area contributed by atoms with Crippen LogP contribution in [0.2, 0.25) is 0 Å². The quantitative estimate of drug-likeness (QED) is 0.408. The Labute approximate surface area is 55.1 Å². The van der Waals surface area contributed by atoms with Gasteiger partial charge in [-0.05, 0) is 13.8 Å². The molecule has 8 heavy (non-hydrogen) atoms. The summed E-state index contributed by atoms with van der Waals surface area (Å²) in [6, 6.07) is 0. The minimum absolute atomic E-state index is 0.873. The van der Waals surface area contributed by atoms with Crippen molar-refractivity contribution in [3.8, 4) is 0 Å². The van der Waals surface area contributed by atoms with Gasteiger partial charge in [0.1, 0.15) is 0 Å². The second-order valence-corrected chi connectivity index (χ2v) is 1.61. The van der Waals surface area contributed by atoms with Crippen molar-refractivity contribution in [2.24, 2.45) is 4.99 Å². The molecule has 0 aromatic rings. The van der Waals surface area contributed by atoms with Gasteiger partial charge in [-0.3, -0.25) is 4.99 Å². The molecule has 0 rings (SSSR count). The third-order valence-electron chi connectivity index (χ3n) is 0.598. The van der Waals surface area contributed by atoms with Crippen molar-refractivity contribution < 1.29 is 0 Å². The molecule has 0 unspecified atom stereocenters. The van der Waals surface area contributed by atoms with Gasteiger partial charge in [-0.15, -0.1) is 0 Å². The Hall–Kier alpha value is -0.500. The number of aliphatic imine (C=N–C) groups is 1. The Bertz CT molecular complexity index is 124. The fraction of sp³-hybridized carbons (Fsp3) is 0.333. The maximum absolute atomic E-state index is 4.60. The Balaban J connectivity index is 3.74. The molecule has 0 spiro atoms. The summed E-state index contributed by atoms with van der Waals surface area (Å²) >= 11 is 4.60. The number of allylic oxidation sites excluding steroid dienone is 1. The van der Waals surface area contributed by atoms with Gasteiger partial charge in [0.05, 0.1) is 0 Å². The Morgan fingerprint density at radius 2 is 2.25 bits per heavy atom. The summed E-state index contributed by atoms with van der Waals surface area (Å²) < 4.78 is 0. The predicted molar refractivity (Wildman–Crippen MR) is 41.6 cm³/mol. The van der Waals surface area contributed by atoms with Gasteiger partial charge < -0.3 is 0 Å². The molecule has 0 aliphatic rings. The second kappa shape index (κ2) is 4.65. The molecule has 0 aromatic carbocycles. The van der Waals surface area contributed by atoms with Crippen LogP contribution in [0, 0.1) is 0 Å². The second-order valence-electron chi connectivity index (χ2n) is 1.37. The van der Waals surface area contributed by atoms with Crippen molar-refractivity contribution in [1.82, 2.24) is 0 Å². The van der Waals surface area contributed by atoms with Gasteiger partial charge in [-0.1, -0.05) is 18.3 Å². The van der Waals surface area contributed by atoms with E-state index in [0.717, 1.165) is 5.71 Å². The summed E-state index contributed by atoms with van der Waals surface area (Å²) in [5.41, 5.74) is 0.873. The third kappa shape index (κ3) is 3.68. The minimum Gasteiger partial charge on any atom is -0.261 e. The molecule has 0 aromatic heterocycles. The van der Waals surface area contributed by atoms with E-state index in [4.69, 9.17) is 0 Å². The maximum Gasteiger partial charge on any atom is 0.0479 e. The van der Waals surface area contributed by atoms with Gasteiger partial charge in [0.15, 0.2) is 0 Å². The molecule has 0 amide bonds. The van der Waals surface area contributed by atoms with E-state index in [9.17, 15) is 0 Å². The lowest BCUT2D eigenvalue weighted by molar-refractivity contribution is 1.52. The minimum atomic E-state index is 0.873. The van der Waals surface area contributed by atoms with E-state index in [0.29, 0.717) is 0 Å². The van der Waals surface area contributed by atoms with Crippen molar-refractivity contribution in [3.63, 3.8) is 0 Å². The van der Waals surface area contributed by atoms with Gasteiger partial charge in [-0.2, -0.15) is 0 Å². The van der Waals surface area contributed by atoms with Crippen LogP contribution in [0.15, 0.2) is 17.3 Å². The third-order valence-corrected chi connectivity index (χ3v) is 0.939. The van der Waals surface area contributed by atoms with Crippen LogP contribution in [0.3, 0.4) is 0 Å². The molecule has 0 saturated carbocycles. The normalized spacial score (nSPS) is 12.5. The van der Waals surface area contributed by atoms with Gasteiger partial charge in [-0.25, -0.2) is 0 Å². The van der Waals surface area contributed by atoms with Crippen molar-refractivity contribution in [1.29, 1.82) is 0 Å². The first-order chi connectivity index (χ1) is 3.81. The summed E-state index contributed by atoms with van der Waals surface area (Å²) in [4.78, 5) is 3.94. The fourth-order valence-electron chi connectivity index (χ4n) is 0.223. The monoisotopic (exact) mass is 127 g/mol. The smallest absolute Gasteiger partial charge is 0.0479 e. The highest BCUT2D eigenvalue weighted by Crippen LogP contribution is 1.76. The van der Waals surface area contributed by atoms with Gasteiger partial charge in [0.25, 0.3) is 0 Å². The highest BCUT2D eigenvalue weighted by atomic mass is 32.1. The summed E-state index contributed by atoms with van der Waals surface area (Å²) in [7, 11) is 0. The Morgan fingerprint density at radius 1 is 1.62 bits per heavy atom. The fourth-order valence-corrected chi connectivity index (χ4v) is 0.283. The van der Waals surface area contributed by atoms with E-state index in [2.05, 4.69) is 17.2 Å². The zero-order valence-electron chi connectivity index (χ0n) is 5.09. The standard InChI is InChI=1S/C6H9NS/c1-3-4-7-6(2)5-8/h3-5H,1-2H3/b4-3-,7-6-. The van der Waals surface area contributed by atoms with Crippen molar-refractivity contribution in [2.75, 3.05) is 0 Å².